The smallest absolute Gasteiger partial charge is 0.101 e. The third-order valence-electron chi connectivity index (χ3n) is 9.78. The summed E-state index contributed by atoms with van der Waals surface area (Å²) in [6, 6.07) is 0. The predicted octanol–water partition coefficient (Wildman–Crippen LogP) is 13.9. The van der Waals surface area contributed by atoms with Crippen LogP contribution in [0.3, 0.4) is 0 Å². The van der Waals surface area contributed by atoms with Crippen molar-refractivity contribution in [2.45, 2.75) is 232 Å². The molecule has 42 heavy (non-hydrogen) atoms. The van der Waals surface area contributed by atoms with Gasteiger partial charge in [-0.25, -0.2) is 0 Å². The molecular weight excluding hydrogens is 508 g/mol. The van der Waals surface area contributed by atoms with Crippen molar-refractivity contribution >= 4 is 0 Å². The molecule has 0 N–H and O–H groups in total. The molecule has 1 heterocycles. The van der Waals surface area contributed by atoms with Crippen LogP contribution in [0.15, 0.2) is 12.4 Å². The Morgan fingerprint density at radius 2 is 0.595 bits per heavy atom. The quantitative estimate of drug-likeness (QED) is 0.0690. The van der Waals surface area contributed by atoms with Crippen molar-refractivity contribution in [1.82, 2.24) is 9.80 Å². The van der Waals surface area contributed by atoms with Gasteiger partial charge >= 0.3 is 0 Å². The van der Waals surface area contributed by atoms with Gasteiger partial charge in [0.05, 0.1) is 0 Å². The number of hydrogen-bond acceptors (Lipinski definition) is 2. The first-order chi connectivity index (χ1) is 20.8. The van der Waals surface area contributed by atoms with Crippen LogP contribution < -0.4 is 0 Å². The van der Waals surface area contributed by atoms with Crippen molar-refractivity contribution in [3.05, 3.63) is 12.4 Å². The van der Waals surface area contributed by atoms with Gasteiger partial charge in [0.2, 0.25) is 0 Å². The summed E-state index contributed by atoms with van der Waals surface area (Å²) >= 11 is 0. The van der Waals surface area contributed by atoms with Crippen LogP contribution in [0.4, 0.5) is 0 Å². The lowest BCUT2D eigenvalue weighted by atomic mass is 10.0. The van der Waals surface area contributed by atoms with E-state index in [9.17, 15) is 0 Å². The molecule has 0 amide bonds. The molecule has 1 aliphatic heterocycles. The zero-order valence-electron chi connectivity index (χ0n) is 29.7. The Morgan fingerprint density at radius 3 is 0.929 bits per heavy atom. The number of nitrogens with zero attached hydrogens (tertiary/aromatic N) is 2. The summed E-state index contributed by atoms with van der Waals surface area (Å²) in [6.07, 6.45) is 51.6. The molecule has 0 saturated heterocycles. The Bertz CT molecular complexity index is 544. The molecule has 2 heteroatoms. The third-order valence-corrected chi connectivity index (χ3v) is 9.78. The van der Waals surface area contributed by atoms with Gasteiger partial charge in [-0.3, -0.25) is 0 Å². The maximum atomic E-state index is 2.68. The molecule has 0 aromatic rings. The zero-order valence-corrected chi connectivity index (χ0v) is 29.7. The van der Waals surface area contributed by atoms with Crippen LogP contribution in [0.2, 0.25) is 0 Å². The summed E-state index contributed by atoms with van der Waals surface area (Å²) in [5, 5.41) is 0. The van der Waals surface area contributed by atoms with E-state index in [2.05, 4.69) is 43.0 Å². The highest BCUT2D eigenvalue weighted by Crippen LogP contribution is 2.23. The van der Waals surface area contributed by atoms with Gasteiger partial charge in [0, 0.05) is 25.5 Å². The highest BCUT2D eigenvalue weighted by atomic mass is 15.4. The van der Waals surface area contributed by atoms with Gasteiger partial charge in [-0.1, -0.05) is 201 Å². The Morgan fingerprint density at radius 1 is 0.310 bits per heavy atom. The first-order valence-corrected chi connectivity index (χ1v) is 20.0. The van der Waals surface area contributed by atoms with E-state index in [0.717, 1.165) is 0 Å². The average Bonchev–Trinajstić information content (AvgIpc) is 3.38. The van der Waals surface area contributed by atoms with Gasteiger partial charge in [-0.15, -0.1) is 0 Å². The molecule has 2 nitrogen and oxygen atoms in total. The standard InChI is InChI=1S/C40H80N2/c1-4-7-9-11-13-15-17-19-21-23-25-27-29-31-33-35-40-41(36-6-3)38-39-42(40)37-34-32-30-28-26-24-22-20-18-16-14-12-10-8-5-2/h38-40H,4-37H2,1-3H3. The van der Waals surface area contributed by atoms with Crippen LogP contribution >= 0.6 is 0 Å². The maximum Gasteiger partial charge on any atom is 0.101 e. The number of unbranched alkanes of at least 4 members (excludes halogenated alkanes) is 28. The van der Waals surface area contributed by atoms with E-state index in [1.807, 2.05) is 0 Å². The second kappa shape index (κ2) is 31.8. The molecule has 0 aromatic carbocycles. The molecule has 0 aromatic heterocycles. The normalized spacial score (nSPS) is 15.0. The minimum atomic E-state index is 0.638. The largest absolute Gasteiger partial charge is 0.356 e. The van der Waals surface area contributed by atoms with Crippen molar-refractivity contribution < 1.29 is 0 Å². The summed E-state index contributed by atoms with van der Waals surface area (Å²) in [7, 11) is 0. The highest BCUT2D eigenvalue weighted by Gasteiger charge is 2.24. The van der Waals surface area contributed by atoms with E-state index < -0.39 is 0 Å². The fourth-order valence-corrected chi connectivity index (χ4v) is 6.96. The van der Waals surface area contributed by atoms with Crippen LogP contribution in [0.25, 0.3) is 0 Å². The van der Waals surface area contributed by atoms with Gasteiger partial charge in [-0.05, 0) is 25.7 Å². The molecular formula is C40H80N2. The maximum absolute atomic E-state index is 2.68. The number of rotatable bonds is 34. The molecule has 0 aliphatic carbocycles. The summed E-state index contributed by atoms with van der Waals surface area (Å²) in [6.45, 7) is 9.43. The highest BCUT2D eigenvalue weighted by molar-refractivity contribution is 4.96. The average molecular weight is 589 g/mol. The summed E-state index contributed by atoms with van der Waals surface area (Å²) in [5.41, 5.74) is 0. The Balaban J connectivity index is 1.97. The first kappa shape index (κ1) is 39.4. The van der Waals surface area contributed by atoms with Crippen molar-refractivity contribution in [2.75, 3.05) is 13.1 Å². The number of hydrogen-bond donors (Lipinski definition) is 0. The van der Waals surface area contributed by atoms with Crippen LogP contribution in [-0.4, -0.2) is 29.1 Å². The topological polar surface area (TPSA) is 6.48 Å². The minimum Gasteiger partial charge on any atom is -0.356 e. The molecule has 0 radical (unpaired) electrons. The molecule has 1 rings (SSSR count). The van der Waals surface area contributed by atoms with E-state index >= 15 is 0 Å². The monoisotopic (exact) mass is 589 g/mol. The van der Waals surface area contributed by atoms with Gasteiger partial charge in [0.25, 0.3) is 0 Å². The second-order valence-electron chi connectivity index (χ2n) is 13.9. The minimum absolute atomic E-state index is 0.638. The van der Waals surface area contributed by atoms with Crippen LogP contribution in [0.1, 0.15) is 226 Å². The third kappa shape index (κ3) is 23.8. The molecule has 0 bridgehead atoms. The van der Waals surface area contributed by atoms with Crippen molar-refractivity contribution in [2.24, 2.45) is 0 Å². The predicted molar refractivity (Wildman–Crippen MR) is 191 cm³/mol. The summed E-state index contributed by atoms with van der Waals surface area (Å²) in [5.74, 6) is 0. The lowest BCUT2D eigenvalue weighted by molar-refractivity contribution is 0.137. The molecule has 0 fully saturated rings. The zero-order chi connectivity index (χ0) is 30.2. The van der Waals surface area contributed by atoms with Gasteiger partial charge in [0.15, 0.2) is 0 Å². The van der Waals surface area contributed by atoms with E-state index in [-0.39, 0.29) is 0 Å². The van der Waals surface area contributed by atoms with Crippen molar-refractivity contribution in [3.8, 4) is 0 Å². The van der Waals surface area contributed by atoms with Gasteiger partial charge < -0.3 is 9.80 Å². The molecule has 250 valence electrons. The first-order valence-electron chi connectivity index (χ1n) is 20.0. The summed E-state index contributed by atoms with van der Waals surface area (Å²) < 4.78 is 0. The van der Waals surface area contributed by atoms with E-state index in [4.69, 9.17) is 0 Å². The fourth-order valence-electron chi connectivity index (χ4n) is 6.96. The summed E-state index contributed by atoms with van der Waals surface area (Å²) in [4.78, 5) is 5.32. The van der Waals surface area contributed by atoms with E-state index in [1.165, 1.54) is 219 Å². The Hall–Kier alpha value is -0.660. The van der Waals surface area contributed by atoms with Crippen molar-refractivity contribution in [1.29, 1.82) is 0 Å². The van der Waals surface area contributed by atoms with Crippen LogP contribution in [-0.2, 0) is 0 Å². The van der Waals surface area contributed by atoms with E-state index in [0.29, 0.717) is 6.17 Å². The lowest BCUT2D eigenvalue weighted by Crippen LogP contribution is -2.39. The fraction of sp³-hybridized carbons (Fsp3) is 0.950. The van der Waals surface area contributed by atoms with E-state index in [1.54, 1.807) is 0 Å². The van der Waals surface area contributed by atoms with Gasteiger partial charge in [-0.2, -0.15) is 0 Å². The molecule has 0 saturated carbocycles. The molecule has 1 aliphatic rings. The van der Waals surface area contributed by atoms with Crippen LogP contribution in [0, 0.1) is 0 Å². The SMILES string of the molecule is CCCCCCCCCCCCCCCCCC1N(CCC)C=CN1CCCCCCCCCCCCCCCCC. The lowest BCUT2D eigenvalue weighted by Gasteiger charge is -2.33. The molecule has 1 atom stereocenters. The van der Waals surface area contributed by atoms with Gasteiger partial charge in [0.1, 0.15) is 6.17 Å². The van der Waals surface area contributed by atoms with Crippen LogP contribution in [0.5, 0.6) is 0 Å². The molecule has 1 unspecified atom stereocenters. The Labute approximate surface area is 267 Å². The molecule has 0 spiro atoms. The van der Waals surface area contributed by atoms with Crippen molar-refractivity contribution in [3.63, 3.8) is 0 Å². The second-order valence-corrected chi connectivity index (χ2v) is 13.9. The Kier molecular flexibility index (Phi) is 29.8.